The third-order valence-corrected chi connectivity index (χ3v) is 13.8. The number of carboxylic acids is 1. The van der Waals surface area contributed by atoms with Gasteiger partial charge in [-0.15, -0.1) is 0 Å². The van der Waals surface area contributed by atoms with Crippen molar-refractivity contribution in [1.82, 2.24) is 5.32 Å². The summed E-state index contributed by atoms with van der Waals surface area (Å²) in [6.45, 7) is 21.7. The molecule has 6 N–H and O–H groups in total. The molecular formula is C44H79AcNO15. The molecule has 3 aliphatic heterocycles. The minimum absolute atomic E-state index is 0. The van der Waals surface area contributed by atoms with Gasteiger partial charge in [-0.05, 0) is 97.3 Å². The van der Waals surface area contributed by atoms with Crippen molar-refractivity contribution in [2.24, 2.45) is 35.5 Å². The van der Waals surface area contributed by atoms with E-state index in [2.05, 4.69) is 5.32 Å². The molecule has 61 heavy (non-hydrogen) atoms. The first kappa shape index (κ1) is 56.4. The Morgan fingerprint density at radius 3 is 2.08 bits per heavy atom. The van der Waals surface area contributed by atoms with E-state index in [1.165, 1.54) is 14.0 Å². The van der Waals surface area contributed by atoms with E-state index in [1.54, 1.807) is 41.5 Å². The number of nitrogens with one attached hydrogen (secondary N) is 1. The van der Waals surface area contributed by atoms with Crippen LogP contribution in [0.25, 0.3) is 0 Å². The van der Waals surface area contributed by atoms with Gasteiger partial charge in [-0.3, -0.25) is 9.59 Å². The zero-order valence-electron chi connectivity index (χ0n) is 39.0. The maximum absolute atomic E-state index is 14.3. The fourth-order valence-electron chi connectivity index (χ4n) is 9.64. The molecule has 0 saturated carbocycles. The molecule has 1 amide bonds. The van der Waals surface area contributed by atoms with Crippen molar-refractivity contribution in [1.29, 1.82) is 0 Å². The van der Waals surface area contributed by atoms with Crippen molar-refractivity contribution in [3.8, 4) is 0 Å². The van der Waals surface area contributed by atoms with Crippen LogP contribution in [-0.4, -0.2) is 135 Å². The van der Waals surface area contributed by atoms with E-state index in [9.17, 15) is 34.8 Å². The zero-order valence-corrected chi connectivity index (χ0v) is 43.7. The molecule has 0 bridgehead atoms. The number of hydrogen-bond acceptors (Lipinski definition) is 14. The molecule has 0 aliphatic carbocycles. The van der Waals surface area contributed by atoms with Crippen LogP contribution in [0.5, 0.6) is 0 Å². The Balaban J connectivity index is 0.0000128. The SMILES string of the molecule is CC[C@H]1OC(=O)[C@H](C)[C@@H](OC2CC(C)(OC)C(OC(=O)NCCCCCC(=O)O)C(C)O2)C(C)[C@@H](OC2OC(C)CC(C)C2O)[C@](C)(O)C[C@@H](C)[C@H](C)[C@H](C)[C@@H](O)[C@]1(C)O.[Ac]. The molecular weight excluding hydrogens is 1010 g/mol. The second-order valence-electron chi connectivity index (χ2n) is 19.0. The van der Waals surface area contributed by atoms with Crippen molar-refractivity contribution in [3.05, 3.63) is 0 Å². The number of esters is 1. The monoisotopic (exact) mass is 1090 g/mol. The summed E-state index contributed by atoms with van der Waals surface area (Å²) in [5, 5.41) is 58.9. The summed E-state index contributed by atoms with van der Waals surface area (Å²) in [6, 6.07) is 0. The second kappa shape index (κ2) is 24.2. The van der Waals surface area contributed by atoms with Crippen LogP contribution in [0.2, 0.25) is 0 Å². The Morgan fingerprint density at radius 1 is 0.852 bits per heavy atom. The summed E-state index contributed by atoms with van der Waals surface area (Å²) in [5.74, 6) is -4.50. The summed E-state index contributed by atoms with van der Waals surface area (Å²) in [5.41, 5.74) is -4.56. The first-order valence-electron chi connectivity index (χ1n) is 22.2. The van der Waals surface area contributed by atoms with Crippen LogP contribution in [0.1, 0.15) is 134 Å². The standard InChI is InChI=1S/C44H79NO15.Ac/c1-14-31-44(12,53)36(49)27(6)26(5)24(3)21-42(10,52)37(59-40-34(48)23(2)20-25(4)55-40)28(7)35(29(8)39(50)57-31)58-33-22-43(11,54-13)38(30(9)56-33)60-41(51)45-19-17-15-16-18-32(46)47;/h23-31,33-38,40,48-49,52-53H,14-22H2,1-13H3,(H,45,51)(H,46,47);/t23?,24-,25?,26+,27+,28?,29-,30?,31-,33?,34?,35+,36-,37-,38?,40?,42-,43?,44-;/m1./s1. The average Bonchev–Trinajstić information content (AvgIpc) is 3.17. The number of carboxylic acid groups (broad SMARTS) is 1. The summed E-state index contributed by atoms with van der Waals surface area (Å²) in [4.78, 5) is 38.1. The fraction of sp³-hybridized carbons (Fsp3) is 0.932. The average molecular weight is 1090 g/mol. The minimum Gasteiger partial charge on any atom is -0.481 e. The van der Waals surface area contributed by atoms with E-state index in [4.69, 9.17) is 38.3 Å². The molecule has 353 valence electrons. The van der Waals surface area contributed by atoms with E-state index < -0.39 is 108 Å². The van der Waals surface area contributed by atoms with Gasteiger partial charge in [-0.1, -0.05) is 48.0 Å². The number of ether oxygens (including phenoxy) is 7. The number of cyclic esters (lactones) is 1. The van der Waals surface area contributed by atoms with E-state index in [1.807, 2.05) is 34.6 Å². The Hall–Kier alpha value is -0.708. The molecule has 3 saturated heterocycles. The fourth-order valence-corrected chi connectivity index (χ4v) is 9.64. The van der Waals surface area contributed by atoms with Crippen LogP contribution in [0.15, 0.2) is 0 Å². The molecule has 0 aromatic carbocycles. The number of methoxy groups -OCH3 is 1. The number of carbonyl (C=O) groups excluding carboxylic acids is 2. The zero-order chi connectivity index (χ0) is 45.5. The molecule has 3 heterocycles. The minimum atomic E-state index is -1.82. The molecule has 19 atom stereocenters. The number of alkyl carbamates (subject to hydrolysis) is 1. The second-order valence-corrected chi connectivity index (χ2v) is 19.0. The van der Waals surface area contributed by atoms with Crippen LogP contribution >= 0.6 is 0 Å². The van der Waals surface area contributed by atoms with Gasteiger partial charge in [0.25, 0.3) is 0 Å². The van der Waals surface area contributed by atoms with Gasteiger partial charge in [-0.2, -0.15) is 0 Å². The smallest absolute Gasteiger partial charge is 0.407 e. The van der Waals surface area contributed by atoms with Gasteiger partial charge in [-0.25, -0.2) is 4.79 Å². The first-order chi connectivity index (χ1) is 27.8. The predicted molar refractivity (Wildman–Crippen MR) is 220 cm³/mol. The van der Waals surface area contributed by atoms with E-state index >= 15 is 0 Å². The van der Waals surface area contributed by atoms with Crippen LogP contribution < -0.4 is 5.32 Å². The van der Waals surface area contributed by atoms with Gasteiger partial charge in [0.05, 0.1) is 42.0 Å². The third-order valence-electron chi connectivity index (χ3n) is 13.8. The maximum atomic E-state index is 14.3. The number of rotatable bonds is 13. The molecule has 3 aliphatic rings. The van der Waals surface area contributed by atoms with Gasteiger partial charge in [0.15, 0.2) is 18.7 Å². The summed E-state index contributed by atoms with van der Waals surface area (Å²) in [7, 11) is 1.49. The Labute approximate surface area is 399 Å². The quantitative estimate of drug-likeness (QED) is 0.106. The molecule has 0 aromatic rings. The predicted octanol–water partition coefficient (Wildman–Crippen LogP) is 4.94. The number of aliphatic hydroxyl groups is 4. The number of aliphatic carboxylic acids is 1. The maximum Gasteiger partial charge on any atom is 0.407 e. The van der Waals surface area contributed by atoms with E-state index in [0.29, 0.717) is 32.2 Å². The van der Waals surface area contributed by atoms with Gasteiger partial charge < -0.3 is 64.0 Å². The van der Waals surface area contributed by atoms with Crippen molar-refractivity contribution >= 4 is 18.0 Å². The van der Waals surface area contributed by atoms with Crippen LogP contribution in [-0.2, 0) is 42.7 Å². The molecule has 3 rings (SSSR count). The number of hydrogen-bond donors (Lipinski definition) is 6. The molecule has 9 unspecified atom stereocenters. The number of carbonyl (C=O) groups is 3. The molecule has 0 spiro atoms. The van der Waals surface area contributed by atoms with Crippen LogP contribution in [0.4, 0.5) is 4.79 Å². The van der Waals surface area contributed by atoms with Crippen molar-refractivity contribution in [2.45, 2.75) is 213 Å². The number of unbranched alkanes of at least 4 members (excludes halogenated alkanes) is 2. The summed E-state index contributed by atoms with van der Waals surface area (Å²) in [6.07, 6.45) is -7.41. The number of aliphatic hydroxyl groups excluding tert-OH is 2. The van der Waals surface area contributed by atoms with E-state index in [0.717, 1.165) is 0 Å². The summed E-state index contributed by atoms with van der Waals surface area (Å²) >= 11 is 0. The molecule has 1 radical (unpaired) electrons. The molecule has 17 heteroatoms. The normalized spacial score (nSPS) is 44.2. The van der Waals surface area contributed by atoms with Gasteiger partial charge in [0.1, 0.15) is 23.4 Å². The van der Waals surface area contributed by atoms with Crippen LogP contribution in [0.3, 0.4) is 0 Å². The third kappa shape index (κ3) is 14.6. The Bertz CT molecular complexity index is 1390. The summed E-state index contributed by atoms with van der Waals surface area (Å²) < 4.78 is 43.9. The Morgan fingerprint density at radius 2 is 1.49 bits per heavy atom. The van der Waals surface area contributed by atoms with Gasteiger partial charge >= 0.3 is 18.0 Å². The van der Waals surface area contributed by atoms with Crippen molar-refractivity contribution in [3.63, 3.8) is 0 Å². The molecule has 16 nitrogen and oxygen atoms in total. The number of amides is 1. The van der Waals surface area contributed by atoms with Crippen LogP contribution in [0, 0.1) is 79.6 Å². The Kier molecular flexibility index (Phi) is 22.4. The topological polar surface area (TPSA) is 229 Å². The van der Waals surface area contributed by atoms with Gasteiger partial charge in [0.2, 0.25) is 0 Å². The molecule has 3 fully saturated rings. The molecule has 0 aromatic heterocycles. The van der Waals surface area contributed by atoms with Crippen molar-refractivity contribution < 1.29 is 117 Å². The van der Waals surface area contributed by atoms with Gasteiger partial charge in [0, 0.05) is 76.5 Å². The first-order valence-corrected chi connectivity index (χ1v) is 22.2. The largest absolute Gasteiger partial charge is 0.481 e. The van der Waals surface area contributed by atoms with Crippen molar-refractivity contribution in [2.75, 3.05) is 13.7 Å². The van der Waals surface area contributed by atoms with E-state index in [-0.39, 0.29) is 93.6 Å².